The van der Waals surface area contributed by atoms with Crippen molar-refractivity contribution in [2.75, 3.05) is 0 Å². The molecule has 0 aliphatic rings. The first-order chi connectivity index (χ1) is 10.1. The lowest BCUT2D eigenvalue weighted by Gasteiger charge is -2.12. The van der Waals surface area contributed by atoms with Crippen LogP contribution in [0.1, 0.15) is 16.8 Å². The lowest BCUT2D eigenvalue weighted by Crippen LogP contribution is -2.11. The van der Waals surface area contributed by atoms with Crippen molar-refractivity contribution in [2.24, 2.45) is 0 Å². The van der Waals surface area contributed by atoms with Crippen LogP contribution in [0.25, 0.3) is 17.3 Å². The number of benzene rings is 1. The lowest BCUT2D eigenvalue weighted by molar-refractivity contribution is -0.141. The maximum absolute atomic E-state index is 12.9. The quantitative estimate of drug-likeness (QED) is 0.673. The van der Waals surface area contributed by atoms with Crippen LogP contribution in [0.15, 0.2) is 43.0 Å². The molecule has 0 aliphatic heterocycles. The Morgan fingerprint density at radius 2 is 1.41 bits per heavy atom. The van der Waals surface area contributed by atoms with Gasteiger partial charge in [-0.25, -0.2) is 4.98 Å². The molecule has 1 aromatic heterocycles. The monoisotopic (exact) mass is 317 g/mol. The summed E-state index contributed by atoms with van der Waals surface area (Å²) in [5.41, 5.74) is -2.10. The molecular formula is C15H9F6N. The second kappa shape index (κ2) is 5.47. The smallest absolute Gasteiger partial charge is 0.243 e. The molecule has 116 valence electrons. The molecule has 0 bridgehead atoms. The van der Waals surface area contributed by atoms with Crippen LogP contribution in [0.4, 0.5) is 26.3 Å². The molecule has 0 aliphatic carbocycles. The lowest BCUT2D eigenvalue weighted by atomic mass is 10.1. The summed E-state index contributed by atoms with van der Waals surface area (Å²) in [5, 5.41) is 0. The molecule has 0 radical (unpaired) electrons. The van der Waals surface area contributed by atoms with E-state index in [1.165, 1.54) is 12.1 Å². The molecule has 0 unspecified atom stereocenters. The van der Waals surface area contributed by atoms with Crippen molar-refractivity contribution in [3.8, 4) is 11.3 Å². The summed E-state index contributed by atoms with van der Waals surface area (Å²) < 4.78 is 76.1. The topological polar surface area (TPSA) is 12.9 Å². The predicted molar refractivity (Wildman–Crippen MR) is 69.8 cm³/mol. The first-order valence-electron chi connectivity index (χ1n) is 6.01. The fourth-order valence-corrected chi connectivity index (χ4v) is 1.85. The van der Waals surface area contributed by atoms with Crippen LogP contribution in [0.3, 0.4) is 0 Å². The van der Waals surface area contributed by atoms with E-state index < -0.39 is 23.6 Å². The van der Waals surface area contributed by atoms with Crippen LogP contribution in [0.2, 0.25) is 0 Å². The van der Waals surface area contributed by atoms with Gasteiger partial charge < -0.3 is 0 Å². The molecule has 1 nitrogen and oxygen atoms in total. The van der Waals surface area contributed by atoms with Crippen LogP contribution >= 0.6 is 0 Å². The number of nitrogens with zero attached hydrogens (tertiary/aromatic N) is 1. The SMILES string of the molecule is C=Cc1ccc(-c2ccc(C(F)(F)F)cc2)nc1C(F)(F)F. The highest BCUT2D eigenvalue weighted by Gasteiger charge is 2.35. The number of hydrogen-bond donors (Lipinski definition) is 0. The van der Waals surface area contributed by atoms with Gasteiger partial charge in [-0.15, -0.1) is 0 Å². The van der Waals surface area contributed by atoms with E-state index in [0.717, 1.165) is 30.3 Å². The summed E-state index contributed by atoms with van der Waals surface area (Å²) in [6.07, 6.45) is -8.16. The molecule has 2 aromatic rings. The third kappa shape index (κ3) is 3.29. The standard InChI is InChI=1S/C15H9F6N/c1-2-9-5-8-12(22-13(9)15(19,20)21)10-3-6-11(7-4-10)14(16,17)18/h2-8H,1H2. The van der Waals surface area contributed by atoms with Gasteiger partial charge in [0.15, 0.2) is 5.69 Å². The Hall–Kier alpha value is -2.31. The van der Waals surface area contributed by atoms with Crippen molar-refractivity contribution in [3.05, 3.63) is 59.8 Å². The third-order valence-electron chi connectivity index (χ3n) is 2.92. The Kier molecular flexibility index (Phi) is 4.00. The molecule has 0 saturated carbocycles. The maximum Gasteiger partial charge on any atom is 0.433 e. The number of hydrogen-bond acceptors (Lipinski definition) is 1. The van der Waals surface area contributed by atoms with E-state index in [2.05, 4.69) is 11.6 Å². The average Bonchev–Trinajstić information content (AvgIpc) is 2.45. The predicted octanol–water partition coefficient (Wildman–Crippen LogP) is 5.43. The van der Waals surface area contributed by atoms with Crippen molar-refractivity contribution >= 4 is 6.08 Å². The molecule has 0 saturated heterocycles. The molecule has 22 heavy (non-hydrogen) atoms. The zero-order valence-electron chi connectivity index (χ0n) is 11.0. The van der Waals surface area contributed by atoms with Gasteiger partial charge >= 0.3 is 12.4 Å². The van der Waals surface area contributed by atoms with Crippen molar-refractivity contribution in [2.45, 2.75) is 12.4 Å². The Labute approximate surface area is 121 Å². The fraction of sp³-hybridized carbons (Fsp3) is 0.133. The molecule has 1 aromatic carbocycles. The van der Waals surface area contributed by atoms with Gasteiger partial charge in [0.1, 0.15) is 0 Å². The number of aromatic nitrogens is 1. The maximum atomic E-state index is 12.9. The van der Waals surface area contributed by atoms with Gasteiger partial charge in [-0.05, 0) is 18.2 Å². The van der Waals surface area contributed by atoms with E-state index in [1.807, 2.05) is 0 Å². The minimum absolute atomic E-state index is 0.0633. The van der Waals surface area contributed by atoms with Gasteiger partial charge in [0, 0.05) is 11.1 Å². The third-order valence-corrected chi connectivity index (χ3v) is 2.92. The number of alkyl halides is 6. The summed E-state index contributed by atoms with van der Waals surface area (Å²) in [4.78, 5) is 3.50. The van der Waals surface area contributed by atoms with Gasteiger partial charge in [0.05, 0.1) is 11.3 Å². The van der Waals surface area contributed by atoms with Gasteiger partial charge in [-0.3, -0.25) is 0 Å². The van der Waals surface area contributed by atoms with Crippen molar-refractivity contribution in [3.63, 3.8) is 0 Å². The van der Waals surface area contributed by atoms with E-state index in [1.54, 1.807) is 0 Å². The Bertz CT molecular complexity index is 683. The molecule has 1 heterocycles. The van der Waals surface area contributed by atoms with Crippen LogP contribution in [0, 0.1) is 0 Å². The van der Waals surface area contributed by atoms with E-state index in [-0.39, 0.29) is 16.8 Å². The molecule has 7 heteroatoms. The normalized spacial score (nSPS) is 12.3. The van der Waals surface area contributed by atoms with Gasteiger partial charge in [-0.1, -0.05) is 30.9 Å². The number of rotatable bonds is 2. The average molecular weight is 317 g/mol. The van der Waals surface area contributed by atoms with E-state index in [0.29, 0.717) is 0 Å². The highest BCUT2D eigenvalue weighted by atomic mass is 19.4. The van der Waals surface area contributed by atoms with Gasteiger partial charge in [0.2, 0.25) is 0 Å². The second-order valence-electron chi connectivity index (χ2n) is 4.41. The summed E-state index contributed by atoms with van der Waals surface area (Å²) in [5.74, 6) is 0. The summed E-state index contributed by atoms with van der Waals surface area (Å²) in [6.45, 7) is 3.28. The van der Waals surface area contributed by atoms with E-state index in [9.17, 15) is 26.3 Å². The highest BCUT2D eigenvalue weighted by Crippen LogP contribution is 2.34. The number of pyridine rings is 1. The first-order valence-corrected chi connectivity index (χ1v) is 6.01. The van der Waals surface area contributed by atoms with Crippen LogP contribution in [-0.4, -0.2) is 4.98 Å². The van der Waals surface area contributed by atoms with Crippen molar-refractivity contribution in [1.82, 2.24) is 4.98 Å². The molecule has 0 fully saturated rings. The molecular weight excluding hydrogens is 308 g/mol. The first kappa shape index (κ1) is 16.1. The number of halogens is 6. The summed E-state index contributed by atoms with van der Waals surface area (Å²) >= 11 is 0. The molecule has 0 atom stereocenters. The largest absolute Gasteiger partial charge is 0.433 e. The summed E-state index contributed by atoms with van der Waals surface area (Å²) in [6, 6.07) is 6.24. The zero-order chi connectivity index (χ0) is 16.5. The van der Waals surface area contributed by atoms with Crippen molar-refractivity contribution in [1.29, 1.82) is 0 Å². The van der Waals surface area contributed by atoms with E-state index >= 15 is 0 Å². The summed E-state index contributed by atoms with van der Waals surface area (Å²) in [7, 11) is 0. The minimum atomic E-state index is -4.68. The molecule has 2 rings (SSSR count). The highest BCUT2D eigenvalue weighted by molar-refractivity contribution is 5.63. The van der Waals surface area contributed by atoms with Crippen LogP contribution in [-0.2, 0) is 12.4 Å². The Balaban J connectivity index is 2.48. The second-order valence-corrected chi connectivity index (χ2v) is 4.41. The van der Waals surface area contributed by atoms with Crippen LogP contribution in [0.5, 0.6) is 0 Å². The molecule has 0 N–H and O–H groups in total. The van der Waals surface area contributed by atoms with Crippen molar-refractivity contribution < 1.29 is 26.3 Å². The molecule has 0 amide bonds. The fourth-order valence-electron chi connectivity index (χ4n) is 1.85. The Morgan fingerprint density at radius 1 is 0.818 bits per heavy atom. The Morgan fingerprint density at radius 3 is 1.86 bits per heavy atom. The minimum Gasteiger partial charge on any atom is -0.243 e. The molecule has 0 spiro atoms. The van der Waals surface area contributed by atoms with Crippen LogP contribution < -0.4 is 0 Å². The van der Waals surface area contributed by atoms with E-state index in [4.69, 9.17) is 0 Å². The zero-order valence-corrected chi connectivity index (χ0v) is 11.0. The van der Waals surface area contributed by atoms with Gasteiger partial charge in [0.25, 0.3) is 0 Å². The van der Waals surface area contributed by atoms with Gasteiger partial charge in [-0.2, -0.15) is 26.3 Å².